The molecular formula is C15H14BrFO3. The first-order valence-electron chi connectivity index (χ1n) is 5.98. The molecule has 2 rings (SSSR count). The van der Waals surface area contributed by atoms with Crippen LogP contribution in [0.1, 0.15) is 11.1 Å². The third-order valence-electron chi connectivity index (χ3n) is 2.82. The summed E-state index contributed by atoms with van der Waals surface area (Å²) in [6.07, 6.45) is 0. The van der Waals surface area contributed by atoms with Gasteiger partial charge >= 0.3 is 0 Å². The molecule has 0 fully saturated rings. The molecule has 0 aliphatic carbocycles. The van der Waals surface area contributed by atoms with Gasteiger partial charge in [-0.2, -0.15) is 0 Å². The predicted molar refractivity (Wildman–Crippen MR) is 77.3 cm³/mol. The normalized spacial score (nSPS) is 10.4. The molecule has 0 atom stereocenters. The lowest BCUT2D eigenvalue weighted by Gasteiger charge is -2.12. The fraction of sp³-hybridized carbons (Fsp3) is 0.200. The van der Waals surface area contributed by atoms with Crippen molar-refractivity contribution in [3.63, 3.8) is 0 Å². The molecule has 0 aliphatic rings. The van der Waals surface area contributed by atoms with Crippen LogP contribution in [0.2, 0.25) is 0 Å². The Morgan fingerprint density at radius 3 is 2.65 bits per heavy atom. The first-order chi connectivity index (χ1) is 9.63. The van der Waals surface area contributed by atoms with Gasteiger partial charge in [0.15, 0.2) is 0 Å². The van der Waals surface area contributed by atoms with Gasteiger partial charge in [0.2, 0.25) is 0 Å². The van der Waals surface area contributed by atoms with Gasteiger partial charge in [0.05, 0.1) is 18.2 Å². The van der Waals surface area contributed by atoms with E-state index in [1.54, 1.807) is 37.4 Å². The van der Waals surface area contributed by atoms with E-state index in [0.717, 1.165) is 5.56 Å². The molecule has 1 N–H and O–H groups in total. The Morgan fingerprint density at radius 2 is 2.00 bits per heavy atom. The third kappa shape index (κ3) is 3.49. The lowest BCUT2D eigenvalue weighted by Crippen LogP contribution is -2.00. The van der Waals surface area contributed by atoms with E-state index in [1.165, 1.54) is 6.07 Å². The molecule has 0 amide bonds. The average Bonchev–Trinajstić information content (AvgIpc) is 2.48. The highest BCUT2D eigenvalue weighted by Crippen LogP contribution is 2.26. The minimum atomic E-state index is -0.314. The maximum Gasteiger partial charge on any atom is 0.137 e. The molecule has 0 saturated heterocycles. The second-order valence-electron chi connectivity index (χ2n) is 4.17. The zero-order chi connectivity index (χ0) is 14.5. The van der Waals surface area contributed by atoms with Gasteiger partial charge in [0, 0.05) is 11.6 Å². The van der Waals surface area contributed by atoms with E-state index in [2.05, 4.69) is 15.9 Å². The van der Waals surface area contributed by atoms with Crippen LogP contribution in [-0.4, -0.2) is 12.2 Å². The molecular weight excluding hydrogens is 327 g/mol. The summed E-state index contributed by atoms with van der Waals surface area (Å²) in [6, 6.07) is 9.90. The number of ether oxygens (including phenoxy) is 2. The molecule has 2 aromatic rings. The quantitative estimate of drug-likeness (QED) is 0.902. The van der Waals surface area contributed by atoms with Crippen molar-refractivity contribution < 1.29 is 19.0 Å². The monoisotopic (exact) mass is 340 g/mol. The Hall–Kier alpha value is -1.59. The van der Waals surface area contributed by atoms with Gasteiger partial charge in [-0.1, -0.05) is 6.07 Å². The van der Waals surface area contributed by atoms with E-state index >= 15 is 0 Å². The van der Waals surface area contributed by atoms with Crippen molar-refractivity contribution in [1.29, 1.82) is 0 Å². The topological polar surface area (TPSA) is 38.7 Å². The smallest absolute Gasteiger partial charge is 0.137 e. The van der Waals surface area contributed by atoms with Gasteiger partial charge < -0.3 is 14.6 Å². The summed E-state index contributed by atoms with van der Waals surface area (Å²) >= 11 is 3.13. The number of benzene rings is 2. The Kier molecular flexibility index (Phi) is 4.98. The van der Waals surface area contributed by atoms with Gasteiger partial charge in [0.1, 0.15) is 23.9 Å². The molecule has 0 radical (unpaired) electrons. The number of methoxy groups -OCH3 is 1. The summed E-state index contributed by atoms with van der Waals surface area (Å²) in [5, 5.41) is 9.28. The molecule has 20 heavy (non-hydrogen) atoms. The van der Waals surface area contributed by atoms with Crippen molar-refractivity contribution in [3.05, 3.63) is 57.8 Å². The minimum absolute atomic E-state index is 0.119. The lowest BCUT2D eigenvalue weighted by molar-refractivity contribution is 0.258. The highest BCUT2D eigenvalue weighted by Gasteiger charge is 2.07. The summed E-state index contributed by atoms with van der Waals surface area (Å²) in [5.74, 6) is 0.885. The second kappa shape index (κ2) is 6.72. The molecule has 3 nitrogen and oxygen atoms in total. The molecule has 2 aromatic carbocycles. The highest BCUT2D eigenvalue weighted by atomic mass is 79.9. The summed E-state index contributed by atoms with van der Waals surface area (Å²) in [5.41, 5.74) is 1.50. The zero-order valence-electron chi connectivity index (χ0n) is 10.9. The fourth-order valence-electron chi connectivity index (χ4n) is 1.72. The van der Waals surface area contributed by atoms with E-state index in [1.807, 2.05) is 0 Å². The van der Waals surface area contributed by atoms with Crippen LogP contribution < -0.4 is 9.47 Å². The Morgan fingerprint density at radius 1 is 1.20 bits per heavy atom. The van der Waals surface area contributed by atoms with Crippen LogP contribution in [0.3, 0.4) is 0 Å². The molecule has 0 spiro atoms. The molecule has 5 heteroatoms. The number of halogens is 2. The first-order valence-corrected chi connectivity index (χ1v) is 6.78. The SMILES string of the molecule is COc1ccc(CO)c(OCc2ccc(F)c(Br)c2)c1. The molecule has 0 heterocycles. The summed E-state index contributed by atoms with van der Waals surface area (Å²) in [6.45, 7) is 0.158. The van der Waals surface area contributed by atoms with Gasteiger partial charge in [-0.05, 0) is 45.8 Å². The van der Waals surface area contributed by atoms with Crippen LogP contribution in [-0.2, 0) is 13.2 Å². The average molecular weight is 341 g/mol. The zero-order valence-corrected chi connectivity index (χ0v) is 12.5. The molecule has 0 bridgehead atoms. The number of rotatable bonds is 5. The van der Waals surface area contributed by atoms with Gasteiger partial charge in [-0.25, -0.2) is 4.39 Å². The van der Waals surface area contributed by atoms with Crippen LogP contribution in [0.25, 0.3) is 0 Å². The van der Waals surface area contributed by atoms with Crippen LogP contribution in [0, 0.1) is 5.82 Å². The van der Waals surface area contributed by atoms with Crippen molar-refractivity contribution >= 4 is 15.9 Å². The van der Waals surface area contributed by atoms with Gasteiger partial charge in [-0.15, -0.1) is 0 Å². The Bertz CT molecular complexity index is 602. The Balaban J connectivity index is 2.15. The first kappa shape index (κ1) is 14.8. The van der Waals surface area contributed by atoms with Gasteiger partial charge in [-0.3, -0.25) is 0 Å². The molecule has 0 saturated carbocycles. The van der Waals surface area contributed by atoms with Crippen molar-refractivity contribution in [2.24, 2.45) is 0 Å². The Labute approximate surface area is 125 Å². The van der Waals surface area contributed by atoms with Crippen molar-refractivity contribution in [2.75, 3.05) is 7.11 Å². The summed E-state index contributed by atoms with van der Waals surface area (Å²) in [7, 11) is 1.56. The number of hydrogen-bond donors (Lipinski definition) is 1. The second-order valence-corrected chi connectivity index (χ2v) is 5.02. The van der Waals surface area contributed by atoms with Gasteiger partial charge in [0.25, 0.3) is 0 Å². The predicted octanol–water partition coefficient (Wildman–Crippen LogP) is 3.67. The molecule has 0 aliphatic heterocycles. The largest absolute Gasteiger partial charge is 0.497 e. The molecule has 106 valence electrons. The maximum absolute atomic E-state index is 13.1. The van der Waals surface area contributed by atoms with Crippen LogP contribution >= 0.6 is 15.9 Å². The standard InChI is InChI=1S/C15H14BrFO3/c1-19-12-4-3-11(8-18)15(7-12)20-9-10-2-5-14(17)13(16)6-10/h2-7,18H,8-9H2,1H3. The van der Waals surface area contributed by atoms with Crippen molar-refractivity contribution in [2.45, 2.75) is 13.2 Å². The number of aliphatic hydroxyl groups excluding tert-OH is 1. The number of hydrogen-bond acceptors (Lipinski definition) is 3. The van der Waals surface area contributed by atoms with Crippen LogP contribution in [0.5, 0.6) is 11.5 Å². The molecule has 0 unspecified atom stereocenters. The fourth-order valence-corrected chi connectivity index (χ4v) is 2.14. The minimum Gasteiger partial charge on any atom is -0.497 e. The van der Waals surface area contributed by atoms with Crippen molar-refractivity contribution in [3.8, 4) is 11.5 Å². The number of aliphatic hydroxyl groups is 1. The van der Waals surface area contributed by atoms with Crippen LogP contribution in [0.4, 0.5) is 4.39 Å². The lowest BCUT2D eigenvalue weighted by atomic mass is 10.2. The highest BCUT2D eigenvalue weighted by molar-refractivity contribution is 9.10. The van der Waals surface area contributed by atoms with E-state index in [-0.39, 0.29) is 19.0 Å². The van der Waals surface area contributed by atoms with E-state index in [4.69, 9.17) is 9.47 Å². The maximum atomic E-state index is 13.1. The summed E-state index contributed by atoms with van der Waals surface area (Å²) in [4.78, 5) is 0. The molecule has 0 aromatic heterocycles. The van der Waals surface area contributed by atoms with Crippen molar-refractivity contribution in [1.82, 2.24) is 0 Å². The summed E-state index contributed by atoms with van der Waals surface area (Å²) < 4.78 is 24.3. The van der Waals surface area contributed by atoms with E-state index in [0.29, 0.717) is 21.5 Å². The van der Waals surface area contributed by atoms with E-state index < -0.39 is 0 Å². The van der Waals surface area contributed by atoms with E-state index in [9.17, 15) is 9.50 Å². The third-order valence-corrected chi connectivity index (χ3v) is 3.43. The van der Waals surface area contributed by atoms with Crippen LogP contribution in [0.15, 0.2) is 40.9 Å².